The van der Waals surface area contributed by atoms with E-state index in [0.29, 0.717) is 6.61 Å². The number of rotatable bonds is 5. The van der Waals surface area contributed by atoms with E-state index in [9.17, 15) is 0 Å². The van der Waals surface area contributed by atoms with E-state index in [0.717, 1.165) is 18.6 Å². The summed E-state index contributed by atoms with van der Waals surface area (Å²) in [6.07, 6.45) is 2.13. The molecule has 0 bridgehead atoms. The van der Waals surface area contributed by atoms with E-state index >= 15 is 0 Å². The van der Waals surface area contributed by atoms with Gasteiger partial charge in [-0.1, -0.05) is 19.4 Å². The second-order valence-corrected chi connectivity index (χ2v) is 4.56. The van der Waals surface area contributed by atoms with Crippen LogP contribution in [0.15, 0.2) is 12.1 Å². The third kappa shape index (κ3) is 3.53. The molecule has 0 amide bonds. The van der Waals surface area contributed by atoms with Crippen LogP contribution in [0.1, 0.15) is 36.5 Å². The molecular weight excluding hydrogens is 198 g/mol. The zero-order chi connectivity index (χ0) is 12.1. The Morgan fingerprint density at radius 1 is 1.25 bits per heavy atom. The second-order valence-electron chi connectivity index (χ2n) is 4.56. The zero-order valence-corrected chi connectivity index (χ0v) is 10.8. The molecular formula is C14H23NO. The Balaban J connectivity index is 2.66. The molecule has 0 saturated carbocycles. The van der Waals surface area contributed by atoms with Crippen LogP contribution in [0.25, 0.3) is 0 Å². The maximum Gasteiger partial charge on any atom is 0.122 e. The molecule has 0 aliphatic heterocycles. The van der Waals surface area contributed by atoms with Crippen LogP contribution in [0.2, 0.25) is 0 Å². The van der Waals surface area contributed by atoms with E-state index in [-0.39, 0.29) is 6.04 Å². The van der Waals surface area contributed by atoms with Crippen LogP contribution >= 0.6 is 0 Å². The first-order chi connectivity index (χ1) is 7.54. The fourth-order valence-electron chi connectivity index (χ4n) is 1.80. The highest BCUT2D eigenvalue weighted by Gasteiger charge is 2.06. The molecule has 0 spiro atoms. The van der Waals surface area contributed by atoms with E-state index in [2.05, 4.69) is 39.8 Å². The SMILES string of the molecule is CCCC(N)COc1cc(C)cc(C)c1C. The summed E-state index contributed by atoms with van der Waals surface area (Å²) in [5, 5.41) is 0. The molecule has 0 aliphatic carbocycles. The van der Waals surface area contributed by atoms with Crippen molar-refractivity contribution in [1.82, 2.24) is 0 Å². The third-order valence-corrected chi connectivity index (χ3v) is 2.88. The average Bonchev–Trinajstić information content (AvgIpc) is 2.21. The van der Waals surface area contributed by atoms with Gasteiger partial charge in [0.25, 0.3) is 0 Å². The molecule has 2 heteroatoms. The van der Waals surface area contributed by atoms with Gasteiger partial charge in [-0.2, -0.15) is 0 Å². The molecule has 1 aromatic carbocycles. The lowest BCUT2D eigenvalue weighted by atomic mass is 10.1. The molecule has 90 valence electrons. The summed E-state index contributed by atoms with van der Waals surface area (Å²) in [7, 11) is 0. The highest BCUT2D eigenvalue weighted by molar-refractivity contribution is 5.41. The van der Waals surface area contributed by atoms with Crippen LogP contribution in [0.5, 0.6) is 5.75 Å². The number of aryl methyl sites for hydroxylation is 2. The Hall–Kier alpha value is -1.02. The average molecular weight is 221 g/mol. The topological polar surface area (TPSA) is 35.2 Å². The van der Waals surface area contributed by atoms with Gasteiger partial charge in [-0.15, -0.1) is 0 Å². The second kappa shape index (κ2) is 5.90. The molecule has 2 nitrogen and oxygen atoms in total. The van der Waals surface area contributed by atoms with Crippen molar-refractivity contribution in [2.24, 2.45) is 5.73 Å². The normalized spacial score (nSPS) is 12.6. The van der Waals surface area contributed by atoms with E-state index < -0.39 is 0 Å². The van der Waals surface area contributed by atoms with Crippen molar-refractivity contribution >= 4 is 0 Å². The van der Waals surface area contributed by atoms with Crippen molar-refractivity contribution in [1.29, 1.82) is 0 Å². The van der Waals surface area contributed by atoms with Crippen LogP contribution in [0.4, 0.5) is 0 Å². The smallest absolute Gasteiger partial charge is 0.122 e. The number of hydrogen-bond acceptors (Lipinski definition) is 2. The predicted octanol–water partition coefficient (Wildman–Crippen LogP) is 3.12. The molecule has 0 fully saturated rings. The first-order valence-electron chi connectivity index (χ1n) is 6.00. The maximum absolute atomic E-state index is 5.93. The van der Waals surface area contributed by atoms with Crippen LogP contribution in [-0.4, -0.2) is 12.6 Å². The van der Waals surface area contributed by atoms with Crippen molar-refractivity contribution in [3.63, 3.8) is 0 Å². The van der Waals surface area contributed by atoms with E-state index in [4.69, 9.17) is 10.5 Å². The number of hydrogen-bond donors (Lipinski definition) is 1. The molecule has 16 heavy (non-hydrogen) atoms. The van der Waals surface area contributed by atoms with Gasteiger partial charge in [-0.3, -0.25) is 0 Å². The molecule has 1 rings (SSSR count). The molecule has 1 atom stereocenters. The first kappa shape index (κ1) is 13.0. The molecule has 0 aromatic heterocycles. The first-order valence-corrected chi connectivity index (χ1v) is 6.00. The largest absolute Gasteiger partial charge is 0.492 e. The molecule has 0 saturated heterocycles. The molecule has 1 unspecified atom stereocenters. The van der Waals surface area contributed by atoms with Gasteiger partial charge in [0, 0.05) is 6.04 Å². The summed E-state index contributed by atoms with van der Waals surface area (Å²) in [4.78, 5) is 0. The summed E-state index contributed by atoms with van der Waals surface area (Å²) < 4.78 is 5.79. The van der Waals surface area contributed by atoms with E-state index in [1.54, 1.807) is 0 Å². The third-order valence-electron chi connectivity index (χ3n) is 2.88. The van der Waals surface area contributed by atoms with Gasteiger partial charge < -0.3 is 10.5 Å². The van der Waals surface area contributed by atoms with Crippen molar-refractivity contribution in [3.8, 4) is 5.75 Å². The lowest BCUT2D eigenvalue weighted by Gasteiger charge is -2.15. The minimum atomic E-state index is 0.144. The number of benzene rings is 1. The Bertz CT molecular complexity index is 347. The maximum atomic E-state index is 5.93. The van der Waals surface area contributed by atoms with Gasteiger partial charge in [0.15, 0.2) is 0 Å². The summed E-state index contributed by atoms with van der Waals surface area (Å²) in [6.45, 7) is 9.04. The zero-order valence-electron chi connectivity index (χ0n) is 10.8. The monoisotopic (exact) mass is 221 g/mol. The van der Waals surface area contributed by atoms with Gasteiger partial charge in [0.05, 0.1) is 0 Å². The quantitative estimate of drug-likeness (QED) is 0.829. The van der Waals surface area contributed by atoms with Gasteiger partial charge in [-0.05, 0) is 49.9 Å². The van der Waals surface area contributed by atoms with Gasteiger partial charge in [-0.25, -0.2) is 0 Å². The predicted molar refractivity (Wildman–Crippen MR) is 69.0 cm³/mol. The minimum absolute atomic E-state index is 0.144. The van der Waals surface area contributed by atoms with E-state index in [1.165, 1.54) is 16.7 Å². The molecule has 0 heterocycles. The fraction of sp³-hybridized carbons (Fsp3) is 0.571. The van der Waals surface area contributed by atoms with Crippen LogP contribution in [-0.2, 0) is 0 Å². The standard InChI is InChI=1S/C14H23NO/c1-5-6-13(15)9-16-14-8-10(2)7-11(3)12(14)4/h7-8,13H,5-6,9,15H2,1-4H3. The Kier molecular flexibility index (Phi) is 4.81. The van der Waals surface area contributed by atoms with Crippen molar-refractivity contribution < 1.29 is 4.74 Å². The van der Waals surface area contributed by atoms with Crippen molar-refractivity contribution in [3.05, 3.63) is 28.8 Å². The highest BCUT2D eigenvalue weighted by Crippen LogP contribution is 2.23. The summed E-state index contributed by atoms with van der Waals surface area (Å²) in [5.74, 6) is 0.976. The molecule has 2 N–H and O–H groups in total. The Labute approximate surface area is 98.8 Å². The summed E-state index contributed by atoms with van der Waals surface area (Å²) in [5.41, 5.74) is 9.67. The molecule has 0 aliphatic rings. The summed E-state index contributed by atoms with van der Waals surface area (Å²) >= 11 is 0. The fourth-order valence-corrected chi connectivity index (χ4v) is 1.80. The minimum Gasteiger partial charge on any atom is -0.492 e. The van der Waals surface area contributed by atoms with Crippen LogP contribution in [0.3, 0.4) is 0 Å². The summed E-state index contributed by atoms with van der Waals surface area (Å²) in [6, 6.07) is 4.40. The van der Waals surface area contributed by atoms with Crippen molar-refractivity contribution in [2.75, 3.05) is 6.61 Å². The van der Waals surface area contributed by atoms with Crippen LogP contribution < -0.4 is 10.5 Å². The Morgan fingerprint density at radius 3 is 2.56 bits per heavy atom. The Morgan fingerprint density at radius 2 is 1.94 bits per heavy atom. The molecule has 1 aromatic rings. The van der Waals surface area contributed by atoms with E-state index in [1.807, 2.05) is 0 Å². The number of ether oxygens (including phenoxy) is 1. The lowest BCUT2D eigenvalue weighted by Crippen LogP contribution is -2.27. The lowest BCUT2D eigenvalue weighted by molar-refractivity contribution is 0.279. The van der Waals surface area contributed by atoms with Gasteiger partial charge in [0.2, 0.25) is 0 Å². The van der Waals surface area contributed by atoms with Gasteiger partial charge in [0.1, 0.15) is 12.4 Å². The molecule has 0 radical (unpaired) electrons. The highest BCUT2D eigenvalue weighted by atomic mass is 16.5. The van der Waals surface area contributed by atoms with Crippen LogP contribution in [0, 0.1) is 20.8 Å². The van der Waals surface area contributed by atoms with Crippen molar-refractivity contribution in [2.45, 2.75) is 46.6 Å². The number of nitrogens with two attached hydrogens (primary N) is 1. The van der Waals surface area contributed by atoms with Gasteiger partial charge >= 0.3 is 0 Å².